The third-order valence-electron chi connectivity index (χ3n) is 8.24. The van der Waals surface area contributed by atoms with Gasteiger partial charge in [0.15, 0.2) is 0 Å². The first-order valence-corrected chi connectivity index (χ1v) is 14.7. The Bertz CT molecular complexity index is 1820. The summed E-state index contributed by atoms with van der Waals surface area (Å²) < 4.78 is 0. The minimum atomic E-state index is 1.14. The fourth-order valence-electron chi connectivity index (χ4n) is 5.64. The minimum absolute atomic E-state index is 1.14. The molecule has 0 saturated carbocycles. The lowest BCUT2D eigenvalue weighted by atomic mass is 9.94. The van der Waals surface area contributed by atoms with Crippen molar-refractivity contribution in [1.82, 2.24) is 0 Å². The zero-order chi connectivity index (χ0) is 29.2. The van der Waals surface area contributed by atoms with Crippen molar-refractivity contribution in [2.45, 2.75) is 34.6 Å². The molecule has 0 heterocycles. The Hall–Kier alpha value is -4.88. The third kappa shape index (κ3) is 5.51. The molecule has 42 heavy (non-hydrogen) atoms. The number of nitrogens with zero attached hydrogens (tertiary/aromatic N) is 1. The standard InChI is InChI=1S/C41H37N/c1-28-10-18-34(19-11-28)40(35-20-12-29(2)13-21-35)27-33-16-24-38(25-17-33)42(37-22-14-30(3)15-23-37)41-32(5)31(4)26-36-8-6-7-9-39(36)41/h6-27H,1-5H3. The van der Waals surface area contributed by atoms with E-state index in [2.05, 4.69) is 173 Å². The molecule has 0 atom stereocenters. The number of benzene rings is 6. The maximum absolute atomic E-state index is 2.42. The van der Waals surface area contributed by atoms with Crippen LogP contribution < -0.4 is 4.90 Å². The van der Waals surface area contributed by atoms with Crippen LogP contribution in [0.25, 0.3) is 22.4 Å². The minimum Gasteiger partial charge on any atom is -0.310 e. The number of fused-ring (bicyclic) bond motifs is 1. The van der Waals surface area contributed by atoms with Crippen LogP contribution in [0.3, 0.4) is 0 Å². The molecule has 0 radical (unpaired) electrons. The SMILES string of the molecule is Cc1ccc(C(=Cc2ccc(N(c3ccc(C)cc3)c3c(C)c(C)cc4ccccc34)cc2)c2ccc(C)cc2)cc1. The molecule has 0 aromatic heterocycles. The van der Waals surface area contributed by atoms with E-state index >= 15 is 0 Å². The van der Waals surface area contributed by atoms with Crippen molar-refractivity contribution in [2.24, 2.45) is 0 Å². The first-order chi connectivity index (χ1) is 20.4. The second kappa shape index (κ2) is 11.5. The van der Waals surface area contributed by atoms with Crippen molar-refractivity contribution in [1.29, 1.82) is 0 Å². The summed E-state index contributed by atoms with van der Waals surface area (Å²) in [7, 11) is 0. The summed E-state index contributed by atoms with van der Waals surface area (Å²) in [5.74, 6) is 0. The van der Waals surface area contributed by atoms with Gasteiger partial charge in [-0.1, -0.05) is 120 Å². The van der Waals surface area contributed by atoms with Gasteiger partial charge in [-0.15, -0.1) is 0 Å². The van der Waals surface area contributed by atoms with Crippen LogP contribution in [-0.4, -0.2) is 0 Å². The van der Waals surface area contributed by atoms with E-state index in [1.807, 2.05) is 0 Å². The molecule has 0 saturated heterocycles. The van der Waals surface area contributed by atoms with Gasteiger partial charge in [-0.2, -0.15) is 0 Å². The summed E-state index contributed by atoms with van der Waals surface area (Å²) in [4.78, 5) is 2.42. The molecular formula is C41H37N. The summed E-state index contributed by atoms with van der Waals surface area (Å²) in [6.45, 7) is 10.9. The van der Waals surface area contributed by atoms with Gasteiger partial charge in [0.2, 0.25) is 0 Å². The topological polar surface area (TPSA) is 3.24 Å². The molecule has 0 aliphatic rings. The Morgan fingerprint density at radius 3 is 1.55 bits per heavy atom. The van der Waals surface area contributed by atoms with Crippen molar-refractivity contribution in [2.75, 3.05) is 4.90 Å². The van der Waals surface area contributed by atoms with Gasteiger partial charge in [-0.25, -0.2) is 0 Å². The molecule has 6 aromatic carbocycles. The van der Waals surface area contributed by atoms with Crippen LogP contribution in [-0.2, 0) is 0 Å². The van der Waals surface area contributed by atoms with E-state index in [9.17, 15) is 0 Å². The van der Waals surface area contributed by atoms with Crippen molar-refractivity contribution in [3.63, 3.8) is 0 Å². The summed E-state index contributed by atoms with van der Waals surface area (Å²) in [6.07, 6.45) is 2.31. The molecule has 0 bridgehead atoms. The normalized spacial score (nSPS) is 11.0. The molecule has 0 fully saturated rings. The van der Waals surface area contributed by atoms with Crippen LogP contribution in [0.5, 0.6) is 0 Å². The van der Waals surface area contributed by atoms with E-state index in [-0.39, 0.29) is 0 Å². The summed E-state index contributed by atoms with van der Waals surface area (Å²) in [6, 6.07) is 46.5. The van der Waals surface area contributed by atoms with Gasteiger partial charge in [0.25, 0.3) is 0 Å². The Morgan fingerprint density at radius 2 is 1.00 bits per heavy atom. The quantitative estimate of drug-likeness (QED) is 0.189. The molecular weight excluding hydrogens is 506 g/mol. The van der Waals surface area contributed by atoms with Crippen LogP contribution >= 0.6 is 0 Å². The lowest BCUT2D eigenvalue weighted by molar-refractivity contribution is 1.24. The third-order valence-corrected chi connectivity index (χ3v) is 8.24. The van der Waals surface area contributed by atoms with Gasteiger partial charge in [0, 0.05) is 16.8 Å². The number of rotatable bonds is 6. The van der Waals surface area contributed by atoms with Gasteiger partial charge in [-0.05, 0) is 104 Å². The fraction of sp³-hybridized carbons (Fsp3) is 0.122. The van der Waals surface area contributed by atoms with Crippen molar-refractivity contribution >= 4 is 39.5 Å². The molecule has 6 rings (SSSR count). The first kappa shape index (κ1) is 27.3. The fourth-order valence-corrected chi connectivity index (χ4v) is 5.64. The van der Waals surface area contributed by atoms with E-state index in [1.54, 1.807) is 0 Å². The van der Waals surface area contributed by atoms with Crippen molar-refractivity contribution in [3.8, 4) is 0 Å². The first-order valence-electron chi connectivity index (χ1n) is 14.7. The average Bonchev–Trinajstić information content (AvgIpc) is 3.00. The molecule has 0 spiro atoms. The van der Waals surface area contributed by atoms with Crippen LogP contribution in [0.1, 0.15) is 44.5 Å². The number of hydrogen-bond donors (Lipinski definition) is 0. The van der Waals surface area contributed by atoms with Gasteiger partial charge >= 0.3 is 0 Å². The van der Waals surface area contributed by atoms with Crippen LogP contribution in [0.15, 0.2) is 127 Å². The molecule has 206 valence electrons. The van der Waals surface area contributed by atoms with E-state index in [0.29, 0.717) is 0 Å². The largest absolute Gasteiger partial charge is 0.310 e. The summed E-state index contributed by atoms with van der Waals surface area (Å²) in [5.41, 5.74) is 14.7. The van der Waals surface area contributed by atoms with Crippen molar-refractivity contribution in [3.05, 3.63) is 172 Å². The molecule has 0 unspecified atom stereocenters. The molecule has 6 aromatic rings. The molecule has 1 nitrogen and oxygen atoms in total. The smallest absolute Gasteiger partial charge is 0.0571 e. The lowest BCUT2D eigenvalue weighted by Crippen LogP contribution is -2.12. The number of hydrogen-bond acceptors (Lipinski definition) is 1. The Morgan fingerprint density at radius 1 is 0.524 bits per heavy atom. The van der Waals surface area contributed by atoms with Crippen molar-refractivity contribution < 1.29 is 0 Å². The van der Waals surface area contributed by atoms with Crippen LogP contribution in [0.4, 0.5) is 17.1 Å². The molecule has 0 amide bonds. The van der Waals surface area contributed by atoms with Crippen LogP contribution in [0.2, 0.25) is 0 Å². The monoisotopic (exact) mass is 543 g/mol. The molecule has 0 N–H and O–H groups in total. The summed E-state index contributed by atoms with van der Waals surface area (Å²) in [5, 5.41) is 2.51. The second-order valence-electron chi connectivity index (χ2n) is 11.4. The maximum atomic E-state index is 2.42. The highest BCUT2D eigenvalue weighted by Gasteiger charge is 2.19. The molecule has 0 aliphatic heterocycles. The predicted molar refractivity (Wildman–Crippen MR) is 182 cm³/mol. The van der Waals surface area contributed by atoms with Gasteiger partial charge in [0.1, 0.15) is 0 Å². The summed E-state index contributed by atoms with van der Waals surface area (Å²) >= 11 is 0. The van der Waals surface area contributed by atoms with Gasteiger partial charge in [-0.3, -0.25) is 0 Å². The number of aryl methyl sites for hydroxylation is 4. The van der Waals surface area contributed by atoms with E-state index in [1.165, 1.54) is 66.5 Å². The van der Waals surface area contributed by atoms with E-state index in [0.717, 1.165) is 11.4 Å². The lowest BCUT2D eigenvalue weighted by Gasteiger charge is -2.29. The zero-order valence-corrected chi connectivity index (χ0v) is 25.1. The predicted octanol–water partition coefficient (Wildman–Crippen LogP) is 11.4. The highest BCUT2D eigenvalue weighted by Crippen LogP contribution is 2.42. The Kier molecular flexibility index (Phi) is 7.50. The highest BCUT2D eigenvalue weighted by atomic mass is 15.1. The zero-order valence-electron chi connectivity index (χ0n) is 25.1. The van der Waals surface area contributed by atoms with Gasteiger partial charge < -0.3 is 4.90 Å². The molecule has 1 heteroatoms. The Labute approximate surface area is 250 Å². The van der Waals surface area contributed by atoms with E-state index in [4.69, 9.17) is 0 Å². The van der Waals surface area contributed by atoms with E-state index < -0.39 is 0 Å². The molecule has 0 aliphatic carbocycles. The Balaban J connectivity index is 1.49. The maximum Gasteiger partial charge on any atom is 0.0571 e. The average molecular weight is 544 g/mol. The highest BCUT2D eigenvalue weighted by molar-refractivity contribution is 6.01. The second-order valence-corrected chi connectivity index (χ2v) is 11.4. The number of anilines is 3. The van der Waals surface area contributed by atoms with Gasteiger partial charge in [0.05, 0.1) is 5.69 Å². The van der Waals surface area contributed by atoms with Crippen LogP contribution in [0, 0.1) is 34.6 Å².